The predicted octanol–water partition coefficient (Wildman–Crippen LogP) is 3.02. The van der Waals surface area contributed by atoms with E-state index >= 15 is 0 Å². The van der Waals surface area contributed by atoms with Crippen molar-refractivity contribution in [1.82, 2.24) is 5.32 Å². The molecule has 0 bridgehead atoms. The van der Waals surface area contributed by atoms with Crippen LogP contribution in [-0.2, 0) is 0 Å². The Labute approximate surface area is 83.2 Å². The van der Waals surface area contributed by atoms with Crippen LogP contribution >= 0.6 is 0 Å². The minimum atomic E-state index is -0.443. The lowest BCUT2D eigenvalue weighted by molar-refractivity contribution is 0.595. The molecule has 1 aliphatic heterocycles. The molecule has 0 amide bonds. The van der Waals surface area contributed by atoms with E-state index in [9.17, 15) is 8.78 Å². The van der Waals surface area contributed by atoms with Crippen molar-refractivity contribution >= 4 is 0 Å². The molecule has 1 fully saturated rings. The number of hydrogen-bond donors (Lipinski definition) is 1. The third-order valence-corrected chi connectivity index (χ3v) is 2.25. The van der Waals surface area contributed by atoms with E-state index in [0.29, 0.717) is 5.57 Å². The number of allylic oxidation sites excluding steroid dienone is 3. The van der Waals surface area contributed by atoms with Gasteiger partial charge in [0, 0.05) is 6.04 Å². The predicted molar refractivity (Wildman–Crippen MR) is 54.2 cm³/mol. The lowest BCUT2D eigenvalue weighted by Gasteiger charge is -2.11. The van der Waals surface area contributed by atoms with Crippen LogP contribution in [0.25, 0.3) is 0 Å². The van der Waals surface area contributed by atoms with Crippen molar-refractivity contribution in [3.8, 4) is 0 Å². The lowest BCUT2D eigenvalue weighted by atomic mass is 10.1. The number of hydrogen-bond acceptors (Lipinski definition) is 1. The van der Waals surface area contributed by atoms with Gasteiger partial charge in [-0.25, -0.2) is 8.78 Å². The zero-order chi connectivity index (χ0) is 10.6. The Morgan fingerprint density at radius 3 is 2.64 bits per heavy atom. The Bertz CT molecular complexity index is 269. The molecule has 1 atom stereocenters. The summed E-state index contributed by atoms with van der Waals surface area (Å²) in [5.41, 5.74) is 0.417. The van der Waals surface area contributed by atoms with E-state index < -0.39 is 11.7 Å². The first-order valence-corrected chi connectivity index (χ1v) is 4.73. The van der Waals surface area contributed by atoms with Gasteiger partial charge in [0.1, 0.15) is 5.83 Å². The summed E-state index contributed by atoms with van der Waals surface area (Å²) in [6, 6.07) is 0.0135. The summed E-state index contributed by atoms with van der Waals surface area (Å²) >= 11 is 0. The topological polar surface area (TPSA) is 12.0 Å². The van der Waals surface area contributed by atoms with Crippen molar-refractivity contribution in [2.75, 3.05) is 6.54 Å². The van der Waals surface area contributed by atoms with Gasteiger partial charge in [-0.1, -0.05) is 6.58 Å². The van der Waals surface area contributed by atoms with Gasteiger partial charge in [-0.3, -0.25) is 0 Å². The molecule has 1 saturated heterocycles. The van der Waals surface area contributed by atoms with Crippen molar-refractivity contribution in [1.29, 1.82) is 0 Å². The van der Waals surface area contributed by atoms with E-state index in [0.717, 1.165) is 31.5 Å². The van der Waals surface area contributed by atoms with Gasteiger partial charge in [-0.15, -0.1) is 0 Å². The lowest BCUT2D eigenvalue weighted by Crippen LogP contribution is -2.23. The van der Waals surface area contributed by atoms with Crippen LogP contribution in [0.15, 0.2) is 36.0 Å². The zero-order valence-corrected chi connectivity index (χ0v) is 8.32. The summed E-state index contributed by atoms with van der Waals surface area (Å²) in [5.74, 6) is -0.853. The summed E-state index contributed by atoms with van der Waals surface area (Å²) < 4.78 is 25.6. The van der Waals surface area contributed by atoms with Crippen LogP contribution in [0.4, 0.5) is 8.78 Å². The molecule has 0 saturated carbocycles. The number of rotatable bonds is 3. The SMILES string of the molecule is C=C(/C(F)=C\C=C(/C)F)[C@H]1CCCN1. The van der Waals surface area contributed by atoms with Gasteiger partial charge >= 0.3 is 0 Å². The van der Waals surface area contributed by atoms with E-state index in [1.54, 1.807) is 0 Å². The first-order chi connectivity index (χ1) is 6.61. The van der Waals surface area contributed by atoms with Crippen LogP contribution in [0, 0.1) is 0 Å². The summed E-state index contributed by atoms with van der Waals surface area (Å²) in [5, 5.41) is 3.13. The van der Waals surface area contributed by atoms with E-state index in [2.05, 4.69) is 11.9 Å². The van der Waals surface area contributed by atoms with Crippen LogP contribution in [0.2, 0.25) is 0 Å². The van der Waals surface area contributed by atoms with Gasteiger partial charge in [0.25, 0.3) is 0 Å². The molecule has 3 heteroatoms. The van der Waals surface area contributed by atoms with Gasteiger partial charge in [0.15, 0.2) is 0 Å². The smallest absolute Gasteiger partial charge is 0.127 e. The molecular formula is C11H15F2N. The van der Waals surface area contributed by atoms with Crippen LogP contribution < -0.4 is 5.32 Å². The quantitative estimate of drug-likeness (QED) is 0.689. The Balaban J connectivity index is 2.59. The van der Waals surface area contributed by atoms with Crippen molar-refractivity contribution in [3.05, 3.63) is 36.0 Å². The molecule has 0 aromatic carbocycles. The maximum Gasteiger partial charge on any atom is 0.127 e. The van der Waals surface area contributed by atoms with Gasteiger partial charge in [0.2, 0.25) is 0 Å². The highest BCUT2D eigenvalue weighted by Crippen LogP contribution is 2.20. The maximum absolute atomic E-state index is 13.3. The Morgan fingerprint density at radius 2 is 2.14 bits per heavy atom. The molecular weight excluding hydrogens is 184 g/mol. The highest BCUT2D eigenvalue weighted by molar-refractivity contribution is 5.31. The van der Waals surface area contributed by atoms with E-state index in [4.69, 9.17) is 0 Å². The monoisotopic (exact) mass is 199 g/mol. The molecule has 1 heterocycles. The van der Waals surface area contributed by atoms with E-state index in [1.165, 1.54) is 6.92 Å². The second-order valence-electron chi connectivity index (χ2n) is 3.44. The average molecular weight is 199 g/mol. The average Bonchev–Trinajstić information content (AvgIpc) is 2.65. The molecule has 0 aromatic heterocycles. The maximum atomic E-state index is 13.3. The van der Waals surface area contributed by atoms with Crippen LogP contribution in [-0.4, -0.2) is 12.6 Å². The van der Waals surface area contributed by atoms with Crippen molar-refractivity contribution in [2.24, 2.45) is 0 Å². The highest BCUT2D eigenvalue weighted by atomic mass is 19.1. The van der Waals surface area contributed by atoms with Gasteiger partial charge in [-0.05, 0) is 44.0 Å². The number of halogens is 2. The van der Waals surface area contributed by atoms with Crippen LogP contribution in [0.1, 0.15) is 19.8 Å². The summed E-state index contributed by atoms with van der Waals surface area (Å²) in [6.07, 6.45) is 4.17. The van der Waals surface area contributed by atoms with Gasteiger partial charge < -0.3 is 5.32 Å². The molecule has 1 N–H and O–H groups in total. The summed E-state index contributed by atoms with van der Waals surface area (Å²) in [7, 11) is 0. The molecule has 0 radical (unpaired) electrons. The fourth-order valence-electron chi connectivity index (χ4n) is 1.44. The van der Waals surface area contributed by atoms with Crippen molar-refractivity contribution in [3.63, 3.8) is 0 Å². The van der Waals surface area contributed by atoms with Crippen molar-refractivity contribution < 1.29 is 8.78 Å². The van der Waals surface area contributed by atoms with Crippen LogP contribution in [0.3, 0.4) is 0 Å². The Hall–Kier alpha value is -0.960. The molecule has 78 valence electrons. The first kappa shape index (κ1) is 11.1. The summed E-state index contributed by atoms with van der Waals surface area (Å²) in [4.78, 5) is 0. The zero-order valence-electron chi connectivity index (χ0n) is 8.32. The second-order valence-corrected chi connectivity index (χ2v) is 3.44. The minimum Gasteiger partial charge on any atom is -0.310 e. The van der Waals surface area contributed by atoms with Gasteiger partial charge in [-0.2, -0.15) is 0 Å². The van der Waals surface area contributed by atoms with Gasteiger partial charge in [0.05, 0.1) is 5.83 Å². The minimum absolute atomic E-state index is 0.0135. The molecule has 0 aliphatic carbocycles. The molecule has 1 rings (SSSR count). The largest absolute Gasteiger partial charge is 0.310 e. The third-order valence-electron chi connectivity index (χ3n) is 2.25. The molecule has 0 spiro atoms. The molecule has 1 aliphatic rings. The normalized spacial score (nSPS) is 24.1. The van der Waals surface area contributed by atoms with Crippen LogP contribution in [0.5, 0.6) is 0 Å². The van der Waals surface area contributed by atoms with Crippen molar-refractivity contribution in [2.45, 2.75) is 25.8 Å². The molecule has 14 heavy (non-hydrogen) atoms. The Morgan fingerprint density at radius 1 is 1.43 bits per heavy atom. The molecule has 1 nitrogen and oxygen atoms in total. The Kier molecular flexibility index (Phi) is 4.01. The molecule has 0 aromatic rings. The third kappa shape index (κ3) is 3.07. The number of nitrogens with one attached hydrogen (secondary N) is 1. The molecule has 0 unspecified atom stereocenters. The second kappa shape index (κ2) is 5.05. The fourth-order valence-corrected chi connectivity index (χ4v) is 1.44. The van der Waals surface area contributed by atoms with E-state index in [-0.39, 0.29) is 6.04 Å². The highest BCUT2D eigenvalue weighted by Gasteiger charge is 2.19. The fraction of sp³-hybridized carbons (Fsp3) is 0.455. The van der Waals surface area contributed by atoms with E-state index in [1.807, 2.05) is 0 Å². The standard InChI is InChI=1S/C11H15F2N/c1-8(12)5-6-10(13)9(2)11-4-3-7-14-11/h5-6,11,14H,2-4,7H2,1H3/b8-5+,10-6+/t11-/m1/s1. The first-order valence-electron chi connectivity index (χ1n) is 4.73. The summed E-state index contributed by atoms with van der Waals surface area (Å²) in [6.45, 7) is 5.83.